The van der Waals surface area contributed by atoms with Crippen LogP contribution in [-0.4, -0.2) is 31.1 Å². The summed E-state index contributed by atoms with van der Waals surface area (Å²) >= 11 is 0. The number of piperidine rings is 1. The van der Waals surface area contributed by atoms with Gasteiger partial charge < -0.3 is 10.6 Å². The fourth-order valence-corrected chi connectivity index (χ4v) is 1.47. The Balaban J connectivity index is 0.000001000. The van der Waals surface area contributed by atoms with Gasteiger partial charge in [0.05, 0.1) is 0 Å². The lowest BCUT2D eigenvalue weighted by atomic mass is 9.99. The molecule has 0 spiro atoms. The van der Waals surface area contributed by atoms with E-state index in [9.17, 15) is 0 Å². The Bertz CT molecular complexity index is 90.1. The largest absolute Gasteiger partial charge is 0.329 e. The summed E-state index contributed by atoms with van der Waals surface area (Å²) in [6.07, 6.45) is 2.72. The number of nitrogens with zero attached hydrogens (tertiary/aromatic N) is 1. The van der Waals surface area contributed by atoms with Gasteiger partial charge in [0, 0.05) is 13.1 Å². The van der Waals surface area contributed by atoms with E-state index in [1.54, 1.807) is 0 Å². The Morgan fingerprint density at radius 1 is 1.36 bits per heavy atom. The number of hydrogen-bond donors (Lipinski definition) is 1. The van der Waals surface area contributed by atoms with Gasteiger partial charge in [-0.25, -0.2) is 0 Å². The molecule has 11 heavy (non-hydrogen) atoms. The van der Waals surface area contributed by atoms with Crippen LogP contribution in [0.3, 0.4) is 0 Å². The van der Waals surface area contributed by atoms with E-state index in [4.69, 9.17) is 5.73 Å². The van der Waals surface area contributed by atoms with Gasteiger partial charge >= 0.3 is 0 Å². The van der Waals surface area contributed by atoms with E-state index in [0.717, 1.165) is 19.0 Å². The van der Waals surface area contributed by atoms with Crippen molar-refractivity contribution in [3.05, 3.63) is 0 Å². The molecule has 0 aliphatic carbocycles. The molecule has 0 atom stereocenters. The number of hydrogen-bond acceptors (Lipinski definition) is 2. The molecule has 0 aromatic carbocycles. The summed E-state index contributed by atoms with van der Waals surface area (Å²) in [5, 5.41) is 0. The minimum Gasteiger partial charge on any atom is -0.329 e. The first-order valence-electron chi connectivity index (χ1n) is 4.25. The van der Waals surface area contributed by atoms with Crippen molar-refractivity contribution >= 4 is 12.4 Å². The summed E-state index contributed by atoms with van der Waals surface area (Å²) in [7, 11) is 0. The molecule has 2 N–H and O–H groups in total. The van der Waals surface area contributed by atoms with Crippen LogP contribution in [0.1, 0.15) is 19.8 Å². The molecular formula is C8H19ClN2. The van der Waals surface area contributed by atoms with Gasteiger partial charge in [0.25, 0.3) is 0 Å². The molecule has 0 saturated carbocycles. The van der Waals surface area contributed by atoms with Gasteiger partial charge in [0.2, 0.25) is 0 Å². The first-order valence-corrected chi connectivity index (χ1v) is 4.25. The molecule has 68 valence electrons. The van der Waals surface area contributed by atoms with E-state index >= 15 is 0 Å². The Morgan fingerprint density at radius 2 is 1.91 bits per heavy atom. The smallest absolute Gasteiger partial charge is 0.0105 e. The highest BCUT2D eigenvalue weighted by atomic mass is 35.5. The molecule has 0 aromatic heterocycles. The second-order valence-corrected chi connectivity index (χ2v) is 3.31. The quantitative estimate of drug-likeness (QED) is 0.687. The van der Waals surface area contributed by atoms with Crippen LogP contribution in [0.25, 0.3) is 0 Å². The van der Waals surface area contributed by atoms with Crippen LogP contribution in [0, 0.1) is 5.92 Å². The summed E-state index contributed by atoms with van der Waals surface area (Å²) in [5.74, 6) is 0.939. The summed E-state index contributed by atoms with van der Waals surface area (Å²) in [5.41, 5.74) is 5.45. The molecule has 1 rings (SSSR count). The number of likely N-dealkylation sites (tertiary alicyclic amines) is 1. The Labute approximate surface area is 75.5 Å². The van der Waals surface area contributed by atoms with Crippen molar-refractivity contribution in [1.82, 2.24) is 4.90 Å². The van der Waals surface area contributed by atoms with E-state index in [-0.39, 0.29) is 12.4 Å². The number of halogens is 1. The van der Waals surface area contributed by atoms with Gasteiger partial charge in [0.1, 0.15) is 0 Å². The summed E-state index contributed by atoms with van der Waals surface area (Å²) in [6.45, 7) is 6.76. The highest BCUT2D eigenvalue weighted by Gasteiger charge is 2.13. The zero-order valence-corrected chi connectivity index (χ0v) is 8.07. The van der Waals surface area contributed by atoms with Gasteiger partial charge in [-0.05, 0) is 31.8 Å². The Hall–Kier alpha value is 0.210. The van der Waals surface area contributed by atoms with E-state index < -0.39 is 0 Å². The molecule has 1 saturated heterocycles. The second-order valence-electron chi connectivity index (χ2n) is 3.31. The van der Waals surface area contributed by atoms with Crippen LogP contribution in [0.4, 0.5) is 0 Å². The van der Waals surface area contributed by atoms with Crippen molar-refractivity contribution in [1.29, 1.82) is 0 Å². The molecule has 1 aliphatic heterocycles. The number of nitrogens with two attached hydrogens (primary N) is 1. The molecule has 0 radical (unpaired) electrons. The summed E-state index contributed by atoms with van der Waals surface area (Å²) < 4.78 is 0. The topological polar surface area (TPSA) is 29.3 Å². The maximum Gasteiger partial charge on any atom is 0.0105 e. The SMILES string of the molecule is CC1CCN(CCN)CC1.Cl. The molecule has 1 fully saturated rings. The molecule has 3 heteroatoms. The summed E-state index contributed by atoms with van der Waals surface area (Å²) in [6, 6.07) is 0. The van der Waals surface area contributed by atoms with Crippen molar-refractivity contribution in [3.63, 3.8) is 0 Å². The maximum absolute atomic E-state index is 5.45. The van der Waals surface area contributed by atoms with Crippen molar-refractivity contribution in [2.45, 2.75) is 19.8 Å². The standard InChI is InChI=1S/C8H18N2.ClH/c1-8-2-5-10(6-3-8)7-4-9;/h8H,2-7,9H2,1H3;1H. The van der Waals surface area contributed by atoms with Crippen molar-refractivity contribution < 1.29 is 0 Å². The number of rotatable bonds is 2. The first kappa shape index (κ1) is 11.2. The van der Waals surface area contributed by atoms with E-state index in [1.165, 1.54) is 25.9 Å². The normalized spacial score (nSPS) is 21.3. The molecule has 2 nitrogen and oxygen atoms in total. The highest BCUT2D eigenvalue weighted by Crippen LogP contribution is 2.14. The average Bonchev–Trinajstić information content (AvgIpc) is 1.95. The van der Waals surface area contributed by atoms with Gasteiger partial charge in [0.15, 0.2) is 0 Å². The molecule has 1 aliphatic rings. The minimum absolute atomic E-state index is 0. The van der Waals surface area contributed by atoms with Crippen LogP contribution in [0.2, 0.25) is 0 Å². The zero-order chi connectivity index (χ0) is 7.40. The Kier molecular flexibility index (Phi) is 5.92. The molecule has 0 bridgehead atoms. The Morgan fingerprint density at radius 3 is 2.36 bits per heavy atom. The molecule has 1 heterocycles. The maximum atomic E-state index is 5.45. The van der Waals surface area contributed by atoms with Gasteiger partial charge in [-0.2, -0.15) is 0 Å². The fraction of sp³-hybridized carbons (Fsp3) is 1.00. The lowest BCUT2D eigenvalue weighted by molar-refractivity contribution is 0.197. The van der Waals surface area contributed by atoms with Crippen LogP contribution >= 0.6 is 12.4 Å². The first-order chi connectivity index (χ1) is 4.83. The van der Waals surface area contributed by atoms with E-state index in [0.29, 0.717) is 0 Å². The lowest BCUT2D eigenvalue weighted by Gasteiger charge is -2.29. The van der Waals surface area contributed by atoms with Crippen molar-refractivity contribution in [2.75, 3.05) is 26.2 Å². The lowest BCUT2D eigenvalue weighted by Crippen LogP contribution is -2.36. The van der Waals surface area contributed by atoms with Crippen molar-refractivity contribution in [3.8, 4) is 0 Å². The van der Waals surface area contributed by atoms with Gasteiger partial charge in [-0.1, -0.05) is 6.92 Å². The molecular weight excluding hydrogens is 160 g/mol. The van der Waals surface area contributed by atoms with Gasteiger partial charge in [-0.3, -0.25) is 0 Å². The third-order valence-corrected chi connectivity index (χ3v) is 2.32. The third-order valence-electron chi connectivity index (χ3n) is 2.32. The molecule has 0 amide bonds. The predicted molar refractivity (Wildman–Crippen MR) is 51.1 cm³/mol. The van der Waals surface area contributed by atoms with Crippen LogP contribution in [0.5, 0.6) is 0 Å². The summed E-state index contributed by atoms with van der Waals surface area (Å²) in [4.78, 5) is 2.46. The fourth-order valence-electron chi connectivity index (χ4n) is 1.47. The van der Waals surface area contributed by atoms with Crippen molar-refractivity contribution in [2.24, 2.45) is 11.7 Å². The monoisotopic (exact) mass is 178 g/mol. The third kappa shape index (κ3) is 3.94. The van der Waals surface area contributed by atoms with Gasteiger partial charge in [-0.15, -0.1) is 12.4 Å². The zero-order valence-electron chi connectivity index (χ0n) is 7.25. The average molecular weight is 179 g/mol. The van der Waals surface area contributed by atoms with Crippen LogP contribution in [-0.2, 0) is 0 Å². The van der Waals surface area contributed by atoms with E-state index in [2.05, 4.69) is 11.8 Å². The molecule has 0 unspecified atom stereocenters. The highest BCUT2D eigenvalue weighted by molar-refractivity contribution is 5.85. The predicted octanol–water partition coefficient (Wildman–Crippen LogP) is 1.10. The minimum atomic E-state index is 0. The van der Waals surface area contributed by atoms with Crippen LogP contribution < -0.4 is 5.73 Å². The van der Waals surface area contributed by atoms with E-state index in [1.807, 2.05) is 0 Å². The van der Waals surface area contributed by atoms with Crippen LogP contribution in [0.15, 0.2) is 0 Å². The second kappa shape index (κ2) is 5.81. The molecule has 0 aromatic rings.